The molecule has 3 aromatic rings. The SMILES string of the molecule is Cc1ccc(OCc2nc(C(=O)Nc3ccc4c(c3)OCO4)cs2)cc1. The molecule has 1 amide bonds. The van der Waals surface area contributed by atoms with Gasteiger partial charge in [-0.1, -0.05) is 17.7 Å². The molecule has 0 fully saturated rings. The number of rotatable bonds is 5. The zero-order chi connectivity index (χ0) is 17.9. The van der Waals surface area contributed by atoms with Crippen molar-refractivity contribution in [3.05, 3.63) is 64.1 Å². The van der Waals surface area contributed by atoms with Crippen LogP contribution >= 0.6 is 11.3 Å². The van der Waals surface area contributed by atoms with E-state index in [2.05, 4.69) is 10.3 Å². The van der Waals surface area contributed by atoms with Crippen LogP contribution in [0.5, 0.6) is 17.2 Å². The number of fused-ring (bicyclic) bond motifs is 1. The van der Waals surface area contributed by atoms with Crippen LogP contribution in [0.1, 0.15) is 21.1 Å². The molecule has 0 bridgehead atoms. The summed E-state index contributed by atoms with van der Waals surface area (Å²) >= 11 is 1.39. The van der Waals surface area contributed by atoms with Gasteiger partial charge < -0.3 is 19.5 Å². The number of carbonyl (C=O) groups is 1. The van der Waals surface area contributed by atoms with Crippen molar-refractivity contribution >= 4 is 22.9 Å². The van der Waals surface area contributed by atoms with Crippen LogP contribution in [0, 0.1) is 6.92 Å². The van der Waals surface area contributed by atoms with E-state index in [4.69, 9.17) is 14.2 Å². The number of ether oxygens (including phenoxy) is 3. The number of anilines is 1. The highest BCUT2D eigenvalue weighted by Gasteiger charge is 2.16. The lowest BCUT2D eigenvalue weighted by Crippen LogP contribution is -2.12. The number of carbonyl (C=O) groups excluding carboxylic acids is 1. The highest BCUT2D eigenvalue weighted by molar-refractivity contribution is 7.09. The van der Waals surface area contributed by atoms with Gasteiger partial charge in [-0.15, -0.1) is 11.3 Å². The van der Waals surface area contributed by atoms with Crippen molar-refractivity contribution in [2.75, 3.05) is 12.1 Å². The van der Waals surface area contributed by atoms with Gasteiger partial charge >= 0.3 is 0 Å². The molecule has 132 valence electrons. The third-order valence-electron chi connectivity index (χ3n) is 3.80. The van der Waals surface area contributed by atoms with Gasteiger partial charge in [-0.3, -0.25) is 4.79 Å². The highest BCUT2D eigenvalue weighted by Crippen LogP contribution is 2.34. The fourth-order valence-corrected chi connectivity index (χ4v) is 3.12. The van der Waals surface area contributed by atoms with Crippen molar-refractivity contribution in [2.24, 2.45) is 0 Å². The van der Waals surface area contributed by atoms with E-state index in [1.807, 2.05) is 31.2 Å². The first-order valence-corrected chi connectivity index (χ1v) is 8.90. The molecular weight excluding hydrogens is 352 g/mol. The van der Waals surface area contributed by atoms with Crippen LogP contribution in [-0.2, 0) is 6.61 Å². The Balaban J connectivity index is 1.37. The van der Waals surface area contributed by atoms with Crippen LogP contribution in [0.25, 0.3) is 0 Å². The van der Waals surface area contributed by atoms with E-state index in [1.54, 1.807) is 23.6 Å². The van der Waals surface area contributed by atoms with Crippen molar-refractivity contribution in [3.63, 3.8) is 0 Å². The Labute approximate surface area is 154 Å². The van der Waals surface area contributed by atoms with Crippen LogP contribution in [0.3, 0.4) is 0 Å². The Hall–Kier alpha value is -3.06. The standard InChI is InChI=1S/C19H16N2O4S/c1-12-2-5-14(6-3-12)23-9-18-21-15(10-26-18)19(22)20-13-4-7-16-17(8-13)25-11-24-16/h2-8,10H,9,11H2,1H3,(H,20,22). The van der Waals surface area contributed by atoms with Crippen LogP contribution in [0.2, 0.25) is 0 Å². The minimum Gasteiger partial charge on any atom is -0.486 e. The number of aryl methyl sites for hydroxylation is 1. The minimum absolute atomic E-state index is 0.198. The Kier molecular flexibility index (Phi) is 4.45. The lowest BCUT2D eigenvalue weighted by Gasteiger charge is -2.05. The first-order valence-electron chi connectivity index (χ1n) is 8.02. The summed E-state index contributed by atoms with van der Waals surface area (Å²) in [6.07, 6.45) is 0. The van der Waals surface area contributed by atoms with Crippen LogP contribution in [0.4, 0.5) is 5.69 Å². The molecule has 0 atom stereocenters. The zero-order valence-electron chi connectivity index (χ0n) is 14.0. The Bertz CT molecular complexity index is 937. The lowest BCUT2D eigenvalue weighted by atomic mass is 10.2. The molecule has 7 heteroatoms. The molecule has 4 rings (SSSR count). The summed E-state index contributed by atoms with van der Waals surface area (Å²) in [4.78, 5) is 16.7. The molecule has 0 unspecified atom stereocenters. The van der Waals surface area contributed by atoms with Gasteiger partial charge in [-0.05, 0) is 31.2 Å². The first-order chi connectivity index (χ1) is 12.7. The topological polar surface area (TPSA) is 69.7 Å². The summed E-state index contributed by atoms with van der Waals surface area (Å²) in [5.41, 5.74) is 2.16. The van der Waals surface area contributed by atoms with E-state index in [1.165, 1.54) is 16.9 Å². The molecule has 2 heterocycles. The molecule has 0 saturated heterocycles. The molecule has 1 N–H and O–H groups in total. The number of hydrogen-bond donors (Lipinski definition) is 1. The van der Waals surface area contributed by atoms with Gasteiger partial charge in [0.15, 0.2) is 11.5 Å². The largest absolute Gasteiger partial charge is 0.486 e. The molecule has 2 aromatic carbocycles. The van der Waals surface area contributed by atoms with Gasteiger partial charge in [0, 0.05) is 17.1 Å². The quantitative estimate of drug-likeness (QED) is 0.737. The summed E-state index contributed by atoms with van der Waals surface area (Å²) in [7, 11) is 0. The summed E-state index contributed by atoms with van der Waals surface area (Å²) in [6, 6.07) is 13.1. The van der Waals surface area contributed by atoms with Crippen molar-refractivity contribution in [1.29, 1.82) is 0 Å². The smallest absolute Gasteiger partial charge is 0.275 e. The zero-order valence-corrected chi connectivity index (χ0v) is 14.8. The molecule has 1 aliphatic rings. The van der Waals surface area contributed by atoms with E-state index >= 15 is 0 Å². The second-order valence-corrected chi connectivity index (χ2v) is 6.69. The number of aromatic nitrogens is 1. The van der Waals surface area contributed by atoms with Crippen LogP contribution in [-0.4, -0.2) is 17.7 Å². The lowest BCUT2D eigenvalue weighted by molar-refractivity contribution is 0.102. The maximum Gasteiger partial charge on any atom is 0.275 e. The minimum atomic E-state index is -0.276. The predicted octanol–water partition coefficient (Wildman–Crippen LogP) is 4.01. The third-order valence-corrected chi connectivity index (χ3v) is 4.62. The molecule has 1 aliphatic heterocycles. The molecule has 1 aromatic heterocycles. The number of thiazole rings is 1. The molecule has 6 nitrogen and oxygen atoms in total. The molecule has 0 spiro atoms. The van der Waals surface area contributed by atoms with E-state index in [0.29, 0.717) is 29.5 Å². The number of nitrogens with zero attached hydrogens (tertiary/aromatic N) is 1. The van der Waals surface area contributed by atoms with Gasteiger partial charge in [0.1, 0.15) is 23.1 Å². The molecule has 26 heavy (non-hydrogen) atoms. The Morgan fingerprint density at radius 2 is 2.00 bits per heavy atom. The van der Waals surface area contributed by atoms with Crippen LogP contribution < -0.4 is 19.5 Å². The maximum atomic E-state index is 12.4. The molecule has 0 saturated carbocycles. The van der Waals surface area contributed by atoms with E-state index in [9.17, 15) is 4.79 Å². The molecule has 0 aliphatic carbocycles. The monoisotopic (exact) mass is 368 g/mol. The van der Waals surface area contributed by atoms with Crippen LogP contribution in [0.15, 0.2) is 47.8 Å². The number of hydrogen-bond acceptors (Lipinski definition) is 6. The summed E-state index contributed by atoms with van der Waals surface area (Å²) < 4.78 is 16.3. The number of amides is 1. The van der Waals surface area contributed by atoms with E-state index < -0.39 is 0 Å². The maximum absolute atomic E-state index is 12.4. The highest BCUT2D eigenvalue weighted by atomic mass is 32.1. The fourth-order valence-electron chi connectivity index (χ4n) is 2.43. The van der Waals surface area contributed by atoms with Gasteiger partial charge in [0.25, 0.3) is 5.91 Å². The molecular formula is C19H16N2O4S. The van der Waals surface area contributed by atoms with Crippen molar-refractivity contribution < 1.29 is 19.0 Å². The number of benzene rings is 2. The number of nitrogens with one attached hydrogen (secondary N) is 1. The van der Waals surface area contributed by atoms with Crippen molar-refractivity contribution in [3.8, 4) is 17.2 Å². The Morgan fingerprint density at radius 1 is 1.19 bits per heavy atom. The van der Waals surface area contributed by atoms with Gasteiger partial charge in [0.2, 0.25) is 6.79 Å². The van der Waals surface area contributed by atoms with Crippen molar-refractivity contribution in [2.45, 2.75) is 13.5 Å². The van der Waals surface area contributed by atoms with E-state index in [-0.39, 0.29) is 12.7 Å². The summed E-state index contributed by atoms with van der Waals surface area (Å²) in [6.45, 7) is 2.55. The second-order valence-electron chi connectivity index (χ2n) is 5.75. The second kappa shape index (κ2) is 7.05. The predicted molar refractivity (Wildman–Crippen MR) is 98.1 cm³/mol. The summed E-state index contributed by atoms with van der Waals surface area (Å²) in [5, 5.41) is 5.27. The van der Waals surface area contributed by atoms with Crippen molar-refractivity contribution in [1.82, 2.24) is 4.98 Å². The normalized spacial score (nSPS) is 12.0. The Morgan fingerprint density at radius 3 is 2.85 bits per heavy atom. The summed E-state index contributed by atoms with van der Waals surface area (Å²) in [5.74, 6) is 1.79. The van der Waals surface area contributed by atoms with Gasteiger partial charge in [-0.25, -0.2) is 4.98 Å². The van der Waals surface area contributed by atoms with Gasteiger partial charge in [0.05, 0.1) is 0 Å². The van der Waals surface area contributed by atoms with E-state index in [0.717, 1.165) is 10.8 Å². The average molecular weight is 368 g/mol. The first kappa shape index (κ1) is 16.4. The fraction of sp³-hybridized carbons (Fsp3) is 0.158. The third kappa shape index (κ3) is 3.62. The molecule has 0 radical (unpaired) electrons. The van der Waals surface area contributed by atoms with Gasteiger partial charge in [-0.2, -0.15) is 0 Å². The average Bonchev–Trinajstić information content (AvgIpc) is 3.30.